The van der Waals surface area contributed by atoms with Crippen LogP contribution in [0.5, 0.6) is 5.75 Å². The van der Waals surface area contributed by atoms with Crippen LogP contribution in [0.1, 0.15) is 49.9 Å². The van der Waals surface area contributed by atoms with E-state index in [1.165, 1.54) is 0 Å². The highest BCUT2D eigenvalue weighted by Gasteiger charge is 2.33. The molecule has 0 saturated carbocycles. The largest absolute Gasteiger partial charge is 0.497 e. The Labute approximate surface area is 182 Å². The summed E-state index contributed by atoms with van der Waals surface area (Å²) in [5.41, 5.74) is 1.08. The van der Waals surface area contributed by atoms with E-state index in [0.29, 0.717) is 19.0 Å². The summed E-state index contributed by atoms with van der Waals surface area (Å²) in [5, 5.41) is 19.7. The summed E-state index contributed by atoms with van der Waals surface area (Å²) in [6, 6.07) is 7.59. The van der Waals surface area contributed by atoms with Crippen molar-refractivity contribution >= 4 is 11.9 Å². The minimum atomic E-state index is -0.833. The SMILES string of the molecule is CC(=O)O.COc1ccc(CN2Cc3nnc(CC4CCNCC4)n3[C@@H](C)C2=O)cc1. The topological polar surface area (TPSA) is 110 Å². The third-order valence-electron chi connectivity index (χ3n) is 5.69. The normalized spacial score (nSPS) is 18.7. The van der Waals surface area contributed by atoms with Crippen LogP contribution >= 0.6 is 0 Å². The number of aromatic nitrogens is 3. The summed E-state index contributed by atoms with van der Waals surface area (Å²) >= 11 is 0. The Kier molecular flexibility index (Phi) is 7.62. The van der Waals surface area contributed by atoms with E-state index in [4.69, 9.17) is 14.6 Å². The molecule has 2 aliphatic heterocycles. The Balaban J connectivity index is 0.000000628. The lowest BCUT2D eigenvalue weighted by atomic mass is 9.94. The average molecular weight is 430 g/mol. The van der Waals surface area contributed by atoms with Gasteiger partial charge in [0, 0.05) is 19.9 Å². The third kappa shape index (κ3) is 5.81. The number of carbonyl (C=O) groups excluding carboxylic acids is 1. The monoisotopic (exact) mass is 429 g/mol. The summed E-state index contributed by atoms with van der Waals surface area (Å²) in [4.78, 5) is 23.8. The number of carboxylic acid groups (broad SMARTS) is 1. The van der Waals surface area contributed by atoms with Gasteiger partial charge in [0.1, 0.15) is 17.6 Å². The van der Waals surface area contributed by atoms with Crippen molar-refractivity contribution in [3.05, 3.63) is 41.5 Å². The summed E-state index contributed by atoms with van der Waals surface area (Å²) in [5.74, 6) is 2.59. The molecule has 0 radical (unpaired) electrons. The molecule has 1 aromatic heterocycles. The minimum Gasteiger partial charge on any atom is -0.497 e. The quantitative estimate of drug-likeness (QED) is 0.748. The van der Waals surface area contributed by atoms with Gasteiger partial charge in [-0.25, -0.2) is 0 Å². The first-order chi connectivity index (χ1) is 14.9. The number of rotatable bonds is 5. The van der Waals surface area contributed by atoms with Gasteiger partial charge in [0.05, 0.1) is 13.7 Å². The van der Waals surface area contributed by atoms with Gasteiger partial charge in [-0.05, 0) is 56.5 Å². The van der Waals surface area contributed by atoms with Crippen molar-refractivity contribution in [3.63, 3.8) is 0 Å². The van der Waals surface area contributed by atoms with Gasteiger partial charge >= 0.3 is 0 Å². The van der Waals surface area contributed by atoms with Crippen molar-refractivity contribution in [2.75, 3.05) is 20.2 Å². The molecule has 4 rings (SSSR count). The molecule has 31 heavy (non-hydrogen) atoms. The molecule has 9 nitrogen and oxygen atoms in total. The molecule has 0 spiro atoms. The number of carboxylic acids is 1. The zero-order chi connectivity index (χ0) is 22.4. The van der Waals surface area contributed by atoms with E-state index < -0.39 is 5.97 Å². The van der Waals surface area contributed by atoms with Crippen LogP contribution in [0.15, 0.2) is 24.3 Å². The van der Waals surface area contributed by atoms with E-state index in [1.54, 1.807) is 7.11 Å². The molecule has 0 unspecified atom stereocenters. The summed E-state index contributed by atoms with van der Waals surface area (Å²) < 4.78 is 7.27. The number of nitrogens with zero attached hydrogens (tertiary/aromatic N) is 4. The van der Waals surface area contributed by atoms with Crippen molar-refractivity contribution < 1.29 is 19.4 Å². The maximum absolute atomic E-state index is 13.0. The van der Waals surface area contributed by atoms with E-state index in [1.807, 2.05) is 36.1 Å². The summed E-state index contributed by atoms with van der Waals surface area (Å²) in [6.45, 7) is 6.25. The molecule has 0 bridgehead atoms. The number of hydrogen-bond acceptors (Lipinski definition) is 6. The van der Waals surface area contributed by atoms with Crippen molar-refractivity contribution in [1.82, 2.24) is 25.0 Å². The number of ether oxygens (including phenoxy) is 1. The number of fused-ring (bicyclic) bond motifs is 1. The Morgan fingerprint density at radius 2 is 1.87 bits per heavy atom. The third-order valence-corrected chi connectivity index (χ3v) is 5.69. The van der Waals surface area contributed by atoms with Gasteiger partial charge in [0.2, 0.25) is 5.91 Å². The number of piperidine rings is 1. The molecule has 168 valence electrons. The Morgan fingerprint density at radius 3 is 2.48 bits per heavy atom. The molecule has 2 aromatic rings. The van der Waals surface area contributed by atoms with Crippen LogP contribution in [0.2, 0.25) is 0 Å². The van der Waals surface area contributed by atoms with E-state index in [-0.39, 0.29) is 11.9 Å². The van der Waals surface area contributed by atoms with Crippen LogP contribution < -0.4 is 10.1 Å². The van der Waals surface area contributed by atoms with Crippen molar-refractivity contribution in [1.29, 1.82) is 0 Å². The Hall–Kier alpha value is -2.94. The zero-order valence-corrected chi connectivity index (χ0v) is 18.4. The molecule has 2 N–H and O–H groups in total. The molecule has 2 aliphatic rings. The van der Waals surface area contributed by atoms with Gasteiger partial charge in [0.25, 0.3) is 5.97 Å². The number of aliphatic carboxylic acids is 1. The van der Waals surface area contributed by atoms with Gasteiger partial charge in [0.15, 0.2) is 5.82 Å². The maximum Gasteiger partial charge on any atom is 0.300 e. The smallest absolute Gasteiger partial charge is 0.300 e. The highest BCUT2D eigenvalue weighted by Crippen LogP contribution is 2.27. The van der Waals surface area contributed by atoms with Crippen LogP contribution in [-0.4, -0.2) is 56.8 Å². The first kappa shape index (κ1) is 22.7. The molecule has 1 fully saturated rings. The number of nitrogens with one attached hydrogen (secondary N) is 1. The molecule has 0 aliphatic carbocycles. The van der Waals surface area contributed by atoms with Gasteiger partial charge in [-0.2, -0.15) is 0 Å². The van der Waals surface area contributed by atoms with Crippen molar-refractivity contribution in [2.24, 2.45) is 5.92 Å². The van der Waals surface area contributed by atoms with Crippen LogP contribution in [0.3, 0.4) is 0 Å². The fourth-order valence-electron chi connectivity index (χ4n) is 4.11. The van der Waals surface area contributed by atoms with E-state index in [9.17, 15) is 4.79 Å². The van der Waals surface area contributed by atoms with Gasteiger partial charge < -0.3 is 24.6 Å². The van der Waals surface area contributed by atoms with E-state index >= 15 is 0 Å². The minimum absolute atomic E-state index is 0.129. The lowest BCUT2D eigenvalue weighted by Crippen LogP contribution is -2.42. The van der Waals surface area contributed by atoms with E-state index in [0.717, 1.165) is 62.2 Å². The summed E-state index contributed by atoms with van der Waals surface area (Å²) in [6.07, 6.45) is 3.23. The molecule has 1 atom stereocenters. The second kappa shape index (κ2) is 10.4. The molecule has 9 heteroatoms. The van der Waals surface area contributed by atoms with Crippen LogP contribution in [0, 0.1) is 5.92 Å². The van der Waals surface area contributed by atoms with Crippen LogP contribution in [-0.2, 0) is 29.1 Å². The first-order valence-corrected chi connectivity index (χ1v) is 10.6. The molecule has 1 saturated heterocycles. The number of benzene rings is 1. The fraction of sp³-hybridized carbons (Fsp3) is 0.545. The predicted octanol–water partition coefficient (Wildman–Crippen LogP) is 2.02. The van der Waals surface area contributed by atoms with Gasteiger partial charge in [-0.15, -0.1) is 10.2 Å². The Bertz CT molecular complexity index is 886. The number of amides is 1. The fourth-order valence-corrected chi connectivity index (χ4v) is 4.11. The van der Waals surface area contributed by atoms with Gasteiger partial charge in [-0.3, -0.25) is 9.59 Å². The van der Waals surface area contributed by atoms with Crippen LogP contribution in [0.4, 0.5) is 0 Å². The Morgan fingerprint density at radius 1 is 1.23 bits per heavy atom. The summed E-state index contributed by atoms with van der Waals surface area (Å²) in [7, 11) is 1.65. The lowest BCUT2D eigenvalue weighted by Gasteiger charge is -2.32. The maximum atomic E-state index is 13.0. The zero-order valence-electron chi connectivity index (χ0n) is 18.4. The second-order valence-electron chi connectivity index (χ2n) is 8.04. The molecule has 3 heterocycles. The molecule has 1 amide bonds. The first-order valence-electron chi connectivity index (χ1n) is 10.6. The lowest BCUT2D eigenvalue weighted by molar-refractivity contribution is -0.137. The number of hydrogen-bond donors (Lipinski definition) is 2. The standard InChI is InChI=1S/C20H27N5O2.C2H4O2/c1-14-20(26)24(12-16-3-5-17(27-2)6-4-16)13-19-23-22-18(25(14)19)11-15-7-9-21-10-8-15;1-2(3)4/h3-6,14-15,21H,7-13H2,1-2H3;1H3,(H,3,4)/t14-;/m0./s1. The van der Waals surface area contributed by atoms with E-state index in [2.05, 4.69) is 20.1 Å². The predicted molar refractivity (Wildman–Crippen MR) is 115 cm³/mol. The second-order valence-corrected chi connectivity index (χ2v) is 8.04. The van der Waals surface area contributed by atoms with Crippen molar-refractivity contribution in [2.45, 2.75) is 52.2 Å². The highest BCUT2D eigenvalue weighted by molar-refractivity contribution is 5.81. The van der Waals surface area contributed by atoms with Gasteiger partial charge in [-0.1, -0.05) is 12.1 Å². The van der Waals surface area contributed by atoms with Crippen LogP contribution in [0.25, 0.3) is 0 Å². The highest BCUT2D eigenvalue weighted by atomic mass is 16.5. The number of carbonyl (C=O) groups is 2. The number of methoxy groups -OCH3 is 1. The molecule has 1 aromatic carbocycles. The molecular formula is C22H31N5O4. The molecular weight excluding hydrogens is 398 g/mol. The average Bonchev–Trinajstić information content (AvgIpc) is 3.15. The van der Waals surface area contributed by atoms with Crippen molar-refractivity contribution in [3.8, 4) is 5.75 Å².